The van der Waals surface area contributed by atoms with Crippen LogP contribution in [0.1, 0.15) is 41.3 Å². The molecular weight excluding hydrogens is 397 g/mol. The minimum absolute atomic E-state index is 0.225. The van der Waals surface area contributed by atoms with Crippen LogP contribution in [0.4, 0.5) is 30.7 Å². The summed E-state index contributed by atoms with van der Waals surface area (Å²) < 4.78 is 96.7. The van der Waals surface area contributed by atoms with Crippen LogP contribution < -0.4 is 5.73 Å². The van der Waals surface area contributed by atoms with E-state index in [4.69, 9.17) is 0 Å². The number of primary amides is 1. The molecule has 0 fully saturated rings. The van der Waals surface area contributed by atoms with Gasteiger partial charge in [0.25, 0.3) is 18.3 Å². The molecule has 3 rings (SSSR count). The second kappa shape index (κ2) is 6.50. The van der Waals surface area contributed by atoms with Crippen LogP contribution in [-0.2, 0) is 17.1 Å². The third-order valence-corrected chi connectivity index (χ3v) is 4.66. The Balaban J connectivity index is 2.28. The van der Waals surface area contributed by atoms with Crippen molar-refractivity contribution in [2.24, 2.45) is 5.73 Å². The third-order valence-electron chi connectivity index (χ3n) is 4.66. The van der Waals surface area contributed by atoms with E-state index < -0.39 is 65.6 Å². The van der Waals surface area contributed by atoms with Crippen molar-refractivity contribution in [2.45, 2.75) is 37.2 Å². The zero-order chi connectivity index (χ0) is 21.0. The number of aliphatic hydroxyl groups is 1. The predicted octanol–water partition coefficient (Wildman–Crippen LogP) is 3.75. The summed E-state index contributed by atoms with van der Waals surface area (Å²) in [6.07, 6.45) is -6.71. The highest BCUT2D eigenvalue weighted by Gasteiger charge is 2.51. The molecule has 0 bridgehead atoms. The molecule has 3 N–H and O–H groups in total. The van der Waals surface area contributed by atoms with Crippen LogP contribution in [0.2, 0.25) is 0 Å². The normalized spacial score (nSPS) is 19.0. The second-order valence-electron chi connectivity index (χ2n) is 6.38. The van der Waals surface area contributed by atoms with Crippen molar-refractivity contribution < 1.29 is 40.6 Å². The highest BCUT2D eigenvalue weighted by Crippen LogP contribution is 2.48. The molecule has 0 spiro atoms. The van der Waals surface area contributed by atoms with Crippen molar-refractivity contribution >= 4 is 5.91 Å². The maximum Gasteiger partial charge on any atom is 0.351 e. The van der Waals surface area contributed by atoms with Gasteiger partial charge in [0.1, 0.15) is 11.9 Å². The lowest BCUT2D eigenvalue weighted by molar-refractivity contribution is -0.145. The van der Waals surface area contributed by atoms with Crippen molar-refractivity contribution in [1.82, 2.24) is 4.57 Å². The Labute approximate surface area is 153 Å². The molecule has 0 saturated carbocycles. The molecule has 28 heavy (non-hydrogen) atoms. The van der Waals surface area contributed by atoms with Crippen LogP contribution in [0, 0.1) is 5.82 Å². The van der Waals surface area contributed by atoms with E-state index in [1.54, 1.807) is 0 Å². The summed E-state index contributed by atoms with van der Waals surface area (Å²) in [5, 5.41) is 9.93. The Morgan fingerprint density at radius 1 is 1.32 bits per heavy atom. The average Bonchev–Trinajstić information content (AvgIpc) is 2.99. The van der Waals surface area contributed by atoms with Gasteiger partial charge < -0.3 is 15.4 Å². The van der Waals surface area contributed by atoms with Gasteiger partial charge in [-0.1, -0.05) is 0 Å². The zero-order valence-corrected chi connectivity index (χ0v) is 13.9. The van der Waals surface area contributed by atoms with E-state index in [2.05, 4.69) is 5.73 Å². The molecule has 1 aliphatic carbocycles. The fourth-order valence-electron chi connectivity index (χ4n) is 3.22. The van der Waals surface area contributed by atoms with Crippen LogP contribution >= 0.6 is 0 Å². The number of rotatable bonds is 4. The molecule has 1 aromatic heterocycles. The topological polar surface area (TPSA) is 68.2 Å². The lowest BCUT2D eigenvalue weighted by Gasteiger charge is -2.30. The van der Waals surface area contributed by atoms with E-state index in [-0.39, 0.29) is 11.4 Å². The molecular formula is C17H13F7N2O2. The summed E-state index contributed by atoms with van der Waals surface area (Å²) in [6.45, 7) is 0. The van der Waals surface area contributed by atoms with Crippen LogP contribution in [0.5, 0.6) is 0 Å². The van der Waals surface area contributed by atoms with Crippen molar-refractivity contribution in [3.8, 4) is 5.69 Å². The van der Waals surface area contributed by atoms with Gasteiger partial charge in [0.15, 0.2) is 0 Å². The number of aromatic nitrogens is 1. The molecule has 4 nitrogen and oxygen atoms in total. The number of benzene rings is 1. The van der Waals surface area contributed by atoms with Gasteiger partial charge in [-0.05, 0) is 24.6 Å². The Bertz CT molecular complexity index is 940. The molecule has 1 heterocycles. The first-order chi connectivity index (χ1) is 12.9. The molecule has 1 aromatic carbocycles. The number of carbonyl (C=O) groups is 1. The van der Waals surface area contributed by atoms with Gasteiger partial charge in [-0.2, -0.15) is 8.78 Å². The predicted molar refractivity (Wildman–Crippen MR) is 82.0 cm³/mol. The largest absolute Gasteiger partial charge is 0.382 e. The molecule has 2 aromatic rings. The first kappa shape index (κ1) is 20.2. The van der Waals surface area contributed by atoms with E-state index in [1.807, 2.05) is 0 Å². The van der Waals surface area contributed by atoms with E-state index >= 15 is 0 Å². The van der Waals surface area contributed by atoms with Crippen LogP contribution in [0.15, 0.2) is 24.4 Å². The monoisotopic (exact) mass is 410 g/mol. The number of hydrogen-bond donors (Lipinski definition) is 2. The summed E-state index contributed by atoms with van der Waals surface area (Å²) in [6, 6.07) is 2.32. The molecule has 1 atom stereocenters. The van der Waals surface area contributed by atoms with Crippen molar-refractivity contribution in [1.29, 1.82) is 0 Å². The number of alkyl halides is 6. The average molecular weight is 410 g/mol. The van der Waals surface area contributed by atoms with Gasteiger partial charge >= 0.3 is 5.92 Å². The van der Waals surface area contributed by atoms with Crippen molar-refractivity contribution in [3.63, 3.8) is 0 Å². The minimum Gasteiger partial charge on any atom is -0.382 e. The zero-order valence-electron chi connectivity index (χ0n) is 13.9. The molecule has 0 saturated heterocycles. The summed E-state index contributed by atoms with van der Waals surface area (Å²) in [5.41, 5.74) is 1.02. The Hall–Kier alpha value is -2.56. The first-order valence-electron chi connectivity index (χ1n) is 7.94. The smallest absolute Gasteiger partial charge is 0.351 e. The molecule has 0 radical (unpaired) electrons. The number of amides is 1. The van der Waals surface area contributed by atoms with Gasteiger partial charge in [0, 0.05) is 29.6 Å². The lowest BCUT2D eigenvalue weighted by atomic mass is 9.87. The lowest BCUT2D eigenvalue weighted by Crippen LogP contribution is -2.37. The van der Waals surface area contributed by atoms with E-state index in [1.165, 1.54) is 0 Å². The van der Waals surface area contributed by atoms with E-state index in [9.17, 15) is 40.6 Å². The number of carbonyl (C=O) groups excluding carboxylic acids is 1. The number of fused-ring (bicyclic) bond motifs is 1. The Morgan fingerprint density at radius 2 is 1.96 bits per heavy atom. The Morgan fingerprint density at radius 3 is 2.54 bits per heavy atom. The standard InChI is InChI=1S/C17H13F7N2O2/c18-10-2-1-7(5-8(10)14(19)20)26-6-9(17(23,24)15(25)28)12-11(26)3-4-16(21,22)13(12)27/h1-2,5-6,13-14,27H,3-4H2,(H2,25,28)/t13-/m0/s1. The van der Waals surface area contributed by atoms with Crippen LogP contribution in [0.3, 0.4) is 0 Å². The fraction of sp³-hybridized carbons (Fsp3) is 0.353. The summed E-state index contributed by atoms with van der Waals surface area (Å²) >= 11 is 0. The highest BCUT2D eigenvalue weighted by molar-refractivity contribution is 5.83. The van der Waals surface area contributed by atoms with Gasteiger partial charge in [0.05, 0.1) is 11.1 Å². The van der Waals surface area contributed by atoms with Gasteiger partial charge in [-0.25, -0.2) is 22.0 Å². The maximum absolute atomic E-state index is 14.3. The van der Waals surface area contributed by atoms with Crippen molar-refractivity contribution in [2.75, 3.05) is 0 Å². The minimum atomic E-state index is -4.41. The molecule has 11 heteroatoms. The quantitative estimate of drug-likeness (QED) is 0.754. The molecule has 1 amide bonds. The SMILES string of the molecule is NC(=O)C(F)(F)c1cn(-c2ccc(F)c(C(F)F)c2)c2c1[C@H](O)C(F)(F)CC2. The van der Waals surface area contributed by atoms with Gasteiger partial charge in [-0.15, -0.1) is 0 Å². The summed E-state index contributed by atoms with van der Waals surface area (Å²) in [7, 11) is 0. The van der Waals surface area contributed by atoms with Crippen molar-refractivity contribution in [3.05, 3.63) is 52.6 Å². The first-order valence-corrected chi connectivity index (χ1v) is 7.94. The number of halogens is 7. The number of nitrogens with zero attached hydrogens (tertiary/aromatic N) is 1. The van der Waals surface area contributed by atoms with Crippen LogP contribution in [-0.4, -0.2) is 21.5 Å². The number of hydrogen-bond acceptors (Lipinski definition) is 2. The van der Waals surface area contributed by atoms with E-state index in [0.29, 0.717) is 18.3 Å². The molecule has 0 aliphatic heterocycles. The van der Waals surface area contributed by atoms with E-state index in [0.717, 1.165) is 10.6 Å². The summed E-state index contributed by atoms with van der Waals surface area (Å²) in [5.74, 6) is -11.5. The molecule has 152 valence electrons. The van der Waals surface area contributed by atoms with Gasteiger partial charge in [0.2, 0.25) is 0 Å². The fourth-order valence-corrected chi connectivity index (χ4v) is 3.22. The highest BCUT2D eigenvalue weighted by atomic mass is 19.3. The number of nitrogens with two attached hydrogens (primary N) is 1. The molecule has 1 aliphatic rings. The maximum atomic E-state index is 14.3. The second-order valence-corrected chi connectivity index (χ2v) is 6.38. The summed E-state index contributed by atoms with van der Waals surface area (Å²) in [4.78, 5) is 11.2. The Kier molecular flexibility index (Phi) is 4.69. The van der Waals surface area contributed by atoms with Gasteiger partial charge in [-0.3, -0.25) is 4.79 Å². The third kappa shape index (κ3) is 3.03. The van der Waals surface area contributed by atoms with Crippen LogP contribution in [0.25, 0.3) is 5.69 Å². The number of aliphatic hydroxyl groups excluding tert-OH is 1. The molecule has 0 unspecified atom stereocenters.